The Morgan fingerprint density at radius 1 is 1.00 bits per heavy atom. The molecule has 2 atom stereocenters. The summed E-state index contributed by atoms with van der Waals surface area (Å²) in [6.07, 6.45) is 2.82. The number of para-hydroxylation sites is 1. The van der Waals surface area contributed by atoms with E-state index in [1.165, 1.54) is 0 Å². The molecule has 0 aliphatic heterocycles. The quantitative estimate of drug-likeness (QED) is 0.481. The first-order chi connectivity index (χ1) is 14.6. The van der Waals surface area contributed by atoms with Crippen LogP contribution < -0.4 is 0 Å². The van der Waals surface area contributed by atoms with Gasteiger partial charge >= 0.3 is 0 Å². The first-order valence-corrected chi connectivity index (χ1v) is 10.1. The van der Waals surface area contributed by atoms with Crippen LogP contribution in [0.1, 0.15) is 29.7 Å². The Balaban J connectivity index is 1.91. The fourth-order valence-corrected chi connectivity index (χ4v) is 3.59. The number of hydrogen-bond acceptors (Lipinski definition) is 4. The average molecular weight is 399 g/mol. The molecule has 30 heavy (non-hydrogen) atoms. The van der Waals surface area contributed by atoms with Crippen LogP contribution in [0, 0.1) is 6.92 Å². The Morgan fingerprint density at radius 2 is 1.70 bits per heavy atom. The van der Waals surface area contributed by atoms with Crippen molar-refractivity contribution in [2.45, 2.75) is 25.7 Å². The first-order valence-electron chi connectivity index (χ1n) is 10.1. The maximum absolute atomic E-state index is 11.6. The lowest BCUT2D eigenvalue weighted by atomic mass is 9.96. The van der Waals surface area contributed by atoms with Crippen molar-refractivity contribution in [3.63, 3.8) is 0 Å². The SMILES string of the molecule is CCOC(/C=C/c1ccccc1)(C(O)c1ccc(C)cc1)n1nnc2ccccc21. The van der Waals surface area contributed by atoms with Crippen LogP contribution in [0.2, 0.25) is 0 Å². The summed E-state index contributed by atoms with van der Waals surface area (Å²) >= 11 is 0. The van der Waals surface area contributed by atoms with Gasteiger partial charge in [-0.05, 0) is 43.2 Å². The van der Waals surface area contributed by atoms with Crippen molar-refractivity contribution in [3.05, 3.63) is 102 Å². The summed E-state index contributed by atoms with van der Waals surface area (Å²) in [6, 6.07) is 25.4. The zero-order valence-electron chi connectivity index (χ0n) is 17.1. The van der Waals surface area contributed by atoms with Gasteiger partial charge in [0.05, 0.1) is 5.52 Å². The van der Waals surface area contributed by atoms with Crippen molar-refractivity contribution in [1.29, 1.82) is 0 Å². The van der Waals surface area contributed by atoms with Crippen LogP contribution in [0.15, 0.2) is 84.9 Å². The van der Waals surface area contributed by atoms with Crippen LogP contribution in [-0.4, -0.2) is 26.7 Å². The second-order valence-electron chi connectivity index (χ2n) is 7.23. The van der Waals surface area contributed by atoms with Crippen LogP contribution in [0.5, 0.6) is 0 Å². The fourth-order valence-electron chi connectivity index (χ4n) is 3.59. The molecule has 1 N–H and O–H groups in total. The van der Waals surface area contributed by atoms with Crippen molar-refractivity contribution in [2.75, 3.05) is 6.61 Å². The van der Waals surface area contributed by atoms with Gasteiger partial charge in [-0.15, -0.1) is 5.10 Å². The summed E-state index contributed by atoms with van der Waals surface area (Å²) in [5.74, 6) is 0. The third kappa shape index (κ3) is 3.77. The van der Waals surface area contributed by atoms with Gasteiger partial charge in [-0.25, -0.2) is 4.68 Å². The van der Waals surface area contributed by atoms with E-state index in [1.807, 2.05) is 105 Å². The third-order valence-electron chi connectivity index (χ3n) is 5.16. The molecule has 0 spiro atoms. The number of benzene rings is 3. The first kappa shape index (κ1) is 20.0. The van der Waals surface area contributed by atoms with Gasteiger partial charge in [-0.2, -0.15) is 0 Å². The van der Waals surface area contributed by atoms with E-state index < -0.39 is 11.8 Å². The van der Waals surface area contributed by atoms with Gasteiger partial charge in [0.2, 0.25) is 5.72 Å². The molecule has 0 saturated heterocycles. The van der Waals surface area contributed by atoms with Gasteiger partial charge in [-0.1, -0.05) is 83.6 Å². The Bertz CT molecular complexity index is 1140. The monoisotopic (exact) mass is 399 g/mol. The molecule has 1 heterocycles. The summed E-state index contributed by atoms with van der Waals surface area (Å²) < 4.78 is 7.95. The molecule has 0 radical (unpaired) electrons. The molecule has 4 aromatic rings. The number of ether oxygens (including phenoxy) is 1. The van der Waals surface area contributed by atoms with Crippen molar-refractivity contribution in [1.82, 2.24) is 15.0 Å². The molecule has 0 aliphatic carbocycles. The smallest absolute Gasteiger partial charge is 0.212 e. The minimum absolute atomic E-state index is 0.385. The number of hydrogen-bond donors (Lipinski definition) is 1. The number of aliphatic hydroxyl groups excluding tert-OH is 1. The van der Waals surface area contributed by atoms with E-state index in [0.29, 0.717) is 6.61 Å². The van der Waals surface area contributed by atoms with E-state index in [1.54, 1.807) is 4.68 Å². The van der Waals surface area contributed by atoms with Crippen molar-refractivity contribution < 1.29 is 9.84 Å². The molecule has 5 nitrogen and oxygen atoms in total. The van der Waals surface area contributed by atoms with Gasteiger partial charge in [0, 0.05) is 6.61 Å². The van der Waals surface area contributed by atoms with Gasteiger partial charge < -0.3 is 9.84 Å². The highest BCUT2D eigenvalue weighted by Gasteiger charge is 2.42. The van der Waals surface area contributed by atoms with Crippen LogP contribution in [0.4, 0.5) is 0 Å². The van der Waals surface area contributed by atoms with Crippen molar-refractivity contribution >= 4 is 17.1 Å². The normalized spacial score (nSPS) is 14.8. The second kappa shape index (κ2) is 8.61. The Labute approximate surface area is 176 Å². The fraction of sp³-hybridized carbons (Fsp3) is 0.200. The van der Waals surface area contributed by atoms with E-state index in [4.69, 9.17) is 4.74 Å². The number of aliphatic hydroxyl groups is 1. The largest absolute Gasteiger partial charge is 0.383 e. The molecule has 152 valence electrons. The van der Waals surface area contributed by atoms with Gasteiger partial charge in [-0.3, -0.25) is 0 Å². The molecule has 5 heteroatoms. The number of fused-ring (bicyclic) bond motifs is 1. The lowest BCUT2D eigenvalue weighted by Crippen LogP contribution is -2.42. The van der Waals surface area contributed by atoms with Gasteiger partial charge in [0.25, 0.3) is 0 Å². The van der Waals surface area contributed by atoms with E-state index in [-0.39, 0.29) is 0 Å². The summed E-state index contributed by atoms with van der Waals surface area (Å²) in [5, 5.41) is 20.3. The lowest BCUT2D eigenvalue weighted by Gasteiger charge is -2.35. The van der Waals surface area contributed by atoms with E-state index in [0.717, 1.165) is 27.7 Å². The summed E-state index contributed by atoms with van der Waals surface area (Å²) in [7, 11) is 0. The third-order valence-corrected chi connectivity index (χ3v) is 5.16. The molecule has 0 bridgehead atoms. The number of aromatic nitrogens is 3. The molecule has 0 fully saturated rings. The lowest BCUT2D eigenvalue weighted by molar-refractivity contribution is -0.148. The summed E-state index contributed by atoms with van der Waals surface area (Å²) in [6.45, 7) is 4.31. The highest BCUT2D eigenvalue weighted by atomic mass is 16.5. The van der Waals surface area contributed by atoms with E-state index in [9.17, 15) is 5.11 Å². The topological polar surface area (TPSA) is 60.2 Å². The second-order valence-corrected chi connectivity index (χ2v) is 7.23. The van der Waals surface area contributed by atoms with Crippen LogP contribution in [0.25, 0.3) is 17.1 Å². The molecular formula is C25H25N3O2. The standard InChI is InChI=1S/C25H25N3O2/c1-3-30-25(18-17-20-9-5-4-6-10-20,24(29)21-15-13-19(2)14-16-21)28-23-12-8-7-11-22(23)26-27-28/h4-18,24,29H,3H2,1-2H3/b18-17+. The summed E-state index contributed by atoms with van der Waals surface area (Å²) in [4.78, 5) is 0. The Hall–Kier alpha value is -3.28. The molecule has 4 rings (SSSR count). The highest BCUT2D eigenvalue weighted by molar-refractivity contribution is 5.74. The maximum Gasteiger partial charge on any atom is 0.212 e. The minimum atomic E-state index is -1.27. The molecular weight excluding hydrogens is 374 g/mol. The van der Waals surface area contributed by atoms with Crippen LogP contribution in [-0.2, 0) is 10.5 Å². The molecule has 0 saturated carbocycles. The van der Waals surface area contributed by atoms with E-state index >= 15 is 0 Å². The van der Waals surface area contributed by atoms with Crippen LogP contribution in [0.3, 0.4) is 0 Å². The van der Waals surface area contributed by atoms with Gasteiger partial charge in [0.1, 0.15) is 11.6 Å². The molecule has 0 amide bonds. The Kier molecular flexibility index (Phi) is 5.74. The number of nitrogens with zero attached hydrogens (tertiary/aromatic N) is 3. The molecule has 3 aromatic carbocycles. The van der Waals surface area contributed by atoms with Crippen LogP contribution >= 0.6 is 0 Å². The number of rotatable bonds is 7. The molecule has 1 aromatic heterocycles. The highest BCUT2D eigenvalue weighted by Crippen LogP contribution is 2.37. The van der Waals surface area contributed by atoms with E-state index in [2.05, 4.69) is 10.3 Å². The zero-order chi connectivity index (χ0) is 21.0. The van der Waals surface area contributed by atoms with Gasteiger partial charge in [0.15, 0.2) is 0 Å². The Morgan fingerprint density at radius 3 is 2.43 bits per heavy atom. The predicted molar refractivity (Wildman–Crippen MR) is 119 cm³/mol. The predicted octanol–water partition coefficient (Wildman–Crippen LogP) is 4.88. The number of aryl methyl sites for hydroxylation is 1. The molecule has 0 aliphatic rings. The zero-order valence-corrected chi connectivity index (χ0v) is 17.1. The molecule has 2 unspecified atom stereocenters. The maximum atomic E-state index is 11.6. The van der Waals surface area contributed by atoms with Crippen molar-refractivity contribution in [3.8, 4) is 0 Å². The summed E-state index contributed by atoms with van der Waals surface area (Å²) in [5.41, 5.74) is 3.13. The van der Waals surface area contributed by atoms with Crippen molar-refractivity contribution in [2.24, 2.45) is 0 Å². The average Bonchev–Trinajstić information content (AvgIpc) is 3.22. The minimum Gasteiger partial charge on any atom is -0.383 e.